The molecule has 0 aromatic heterocycles. The van der Waals surface area contributed by atoms with Crippen molar-refractivity contribution in [1.82, 2.24) is 5.32 Å². The Kier molecular flexibility index (Phi) is 4.96. The molecule has 0 aliphatic heterocycles. The predicted molar refractivity (Wildman–Crippen MR) is 69.1 cm³/mol. The zero-order valence-corrected chi connectivity index (χ0v) is 10.9. The molecule has 0 fully saturated rings. The van der Waals surface area contributed by atoms with Gasteiger partial charge in [-0.15, -0.1) is 0 Å². The van der Waals surface area contributed by atoms with Crippen molar-refractivity contribution in [2.75, 3.05) is 30.9 Å². The van der Waals surface area contributed by atoms with Gasteiger partial charge in [0.2, 0.25) is 5.91 Å². The third-order valence-electron chi connectivity index (χ3n) is 2.15. The summed E-state index contributed by atoms with van der Waals surface area (Å²) in [4.78, 5) is 11.0. The SMILES string of the molecule is CNC(=O)CS(=O)(=O)CCOc1cccc(N)c1. The largest absolute Gasteiger partial charge is 0.492 e. The Balaban J connectivity index is 2.44. The van der Waals surface area contributed by atoms with E-state index in [0.29, 0.717) is 11.4 Å². The fourth-order valence-electron chi connectivity index (χ4n) is 1.23. The van der Waals surface area contributed by atoms with Crippen molar-refractivity contribution in [3.8, 4) is 5.75 Å². The van der Waals surface area contributed by atoms with Gasteiger partial charge >= 0.3 is 0 Å². The molecule has 0 unspecified atom stereocenters. The minimum Gasteiger partial charge on any atom is -0.492 e. The van der Waals surface area contributed by atoms with Gasteiger partial charge in [0.1, 0.15) is 18.1 Å². The van der Waals surface area contributed by atoms with E-state index in [2.05, 4.69) is 5.32 Å². The Hall–Kier alpha value is -1.76. The molecule has 1 rings (SSSR count). The second-order valence-corrected chi connectivity index (χ2v) is 5.87. The first kappa shape index (κ1) is 14.3. The van der Waals surface area contributed by atoms with Gasteiger partial charge in [0.15, 0.2) is 9.84 Å². The third kappa shape index (κ3) is 5.05. The number of nitrogens with two attached hydrogens (primary N) is 1. The van der Waals surface area contributed by atoms with E-state index in [4.69, 9.17) is 10.5 Å². The van der Waals surface area contributed by atoms with E-state index in [0.717, 1.165) is 0 Å². The van der Waals surface area contributed by atoms with Crippen LogP contribution in [-0.2, 0) is 14.6 Å². The molecule has 1 aromatic carbocycles. The van der Waals surface area contributed by atoms with Crippen LogP contribution in [0.2, 0.25) is 0 Å². The molecule has 0 aliphatic rings. The number of carbonyl (C=O) groups is 1. The fourth-order valence-corrected chi connectivity index (χ4v) is 2.26. The summed E-state index contributed by atoms with van der Waals surface area (Å²) in [6, 6.07) is 6.70. The Bertz CT molecular complexity index is 514. The summed E-state index contributed by atoms with van der Waals surface area (Å²) in [6.07, 6.45) is 0. The molecule has 1 aromatic rings. The number of ether oxygens (including phenoxy) is 1. The topological polar surface area (TPSA) is 98.5 Å². The lowest BCUT2D eigenvalue weighted by molar-refractivity contribution is -0.118. The van der Waals surface area contributed by atoms with Crippen molar-refractivity contribution in [1.29, 1.82) is 0 Å². The van der Waals surface area contributed by atoms with E-state index in [1.54, 1.807) is 24.3 Å². The lowest BCUT2D eigenvalue weighted by Crippen LogP contribution is -2.29. The molecule has 0 heterocycles. The maximum absolute atomic E-state index is 11.5. The van der Waals surface area contributed by atoms with Gasteiger partial charge < -0.3 is 15.8 Å². The van der Waals surface area contributed by atoms with Crippen LogP contribution in [0.5, 0.6) is 5.75 Å². The van der Waals surface area contributed by atoms with Crippen LogP contribution in [0.3, 0.4) is 0 Å². The summed E-state index contributed by atoms with van der Waals surface area (Å²) in [5.41, 5.74) is 6.09. The van der Waals surface area contributed by atoms with E-state index in [1.165, 1.54) is 7.05 Å². The van der Waals surface area contributed by atoms with Crippen LogP contribution in [-0.4, -0.2) is 39.5 Å². The van der Waals surface area contributed by atoms with E-state index in [-0.39, 0.29) is 12.4 Å². The molecule has 1 amide bonds. The minimum absolute atomic E-state index is 0.0111. The summed E-state index contributed by atoms with van der Waals surface area (Å²) in [5.74, 6) is -0.761. The molecular formula is C11H16N2O4S. The zero-order chi connectivity index (χ0) is 13.6. The van der Waals surface area contributed by atoms with Crippen LogP contribution in [0.1, 0.15) is 0 Å². The van der Waals surface area contributed by atoms with E-state index < -0.39 is 21.5 Å². The summed E-state index contributed by atoms with van der Waals surface area (Å²) >= 11 is 0. The van der Waals surface area contributed by atoms with E-state index in [9.17, 15) is 13.2 Å². The highest BCUT2D eigenvalue weighted by Gasteiger charge is 2.15. The molecule has 6 nitrogen and oxygen atoms in total. The molecule has 0 saturated carbocycles. The predicted octanol–water partition coefficient (Wildman–Crippen LogP) is -0.192. The Morgan fingerprint density at radius 3 is 2.78 bits per heavy atom. The summed E-state index contributed by atoms with van der Waals surface area (Å²) in [5, 5.41) is 2.26. The molecule has 18 heavy (non-hydrogen) atoms. The van der Waals surface area contributed by atoms with Crippen LogP contribution in [0.4, 0.5) is 5.69 Å². The number of benzene rings is 1. The van der Waals surface area contributed by atoms with Gasteiger partial charge in [0.25, 0.3) is 0 Å². The number of amides is 1. The molecule has 0 spiro atoms. The second-order valence-electron chi connectivity index (χ2n) is 3.69. The first-order valence-electron chi connectivity index (χ1n) is 5.32. The molecule has 100 valence electrons. The highest BCUT2D eigenvalue weighted by molar-refractivity contribution is 7.92. The molecule has 0 bridgehead atoms. The molecule has 7 heteroatoms. The van der Waals surface area contributed by atoms with Crippen molar-refractivity contribution in [3.63, 3.8) is 0 Å². The monoisotopic (exact) mass is 272 g/mol. The second kappa shape index (κ2) is 6.25. The number of nitrogen functional groups attached to an aromatic ring is 1. The molecule has 0 atom stereocenters. The van der Waals surface area contributed by atoms with Gasteiger partial charge in [-0.1, -0.05) is 6.07 Å². The van der Waals surface area contributed by atoms with Crippen molar-refractivity contribution >= 4 is 21.4 Å². The molecule has 0 saturated heterocycles. The average Bonchev–Trinajstić information content (AvgIpc) is 2.28. The number of sulfone groups is 1. The van der Waals surface area contributed by atoms with E-state index in [1.807, 2.05) is 0 Å². The first-order valence-corrected chi connectivity index (χ1v) is 7.14. The van der Waals surface area contributed by atoms with Gasteiger partial charge in [0, 0.05) is 18.8 Å². The van der Waals surface area contributed by atoms with Gasteiger partial charge in [-0.2, -0.15) is 0 Å². The van der Waals surface area contributed by atoms with E-state index >= 15 is 0 Å². The van der Waals surface area contributed by atoms with Crippen molar-refractivity contribution in [2.24, 2.45) is 0 Å². The Morgan fingerprint density at radius 2 is 2.17 bits per heavy atom. The van der Waals surface area contributed by atoms with Crippen molar-refractivity contribution in [2.45, 2.75) is 0 Å². The number of rotatable bonds is 6. The normalized spacial score (nSPS) is 10.9. The molecule has 0 radical (unpaired) electrons. The number of carbonyl (C=O) groups excluding carboxylic acids is 1. The first-order chi connectivity index (χ1) is 8.43. The highest BCUT2D eigenvalue weighted by atomic mass is 32.2. The average molecular weight is 272 g/mol. The molecule has 3 N–H and O–H groups in total. The number of anilines is 1. The van der Waals surface area contributed by atoms with Crippen molar-refractivity contribution < 1.29 is 17.9 Å². The van der Waals surface area contributed by atoms with Gasteiger partial charge in [-0.05, 0) is 12.1 Å². The lowest BCUT2D eigenvalue weighted by atomic mass is 10.3. The molecular weight excluding hydrogens is 256 g/mol. The zero-order valence-electron chi connectivity index (χ0n) is 10.0. The summed E-state index contributed by atoms with van der Waals surface area (Å²) in [7, 11) is -2.05. The number of hydrogen-bond acceptors (Lipinski definition) is 5. The van der Waals surface area contributed by atoms with Crippen molar-refractivity contribution in [3.05, 3.63) is 24.3 Å². The third-order valence-corrected chi connectivity index (χ3v) is 3.64. The van der Waals surface area contributed by atoms with Crippen LogP contribution in [0.15, 0.2) is 24.3 Å². The van der Waals surface area contributed by atoms with Crippen LogP contribution in [0.25, 0.3) is 0 Å². The summed E-state index contributed by atoms with van der Waals surface area (Å²) in [6.45, 7) is -0.0111. The highest BCUT2D eigenvalue weighted by Crippen LogP contribution is 2.14. The standard InChI is InChI=1S/C11H16N2O4S/c1-13-11(14)8-18(15,16)6-5-17-10-4-2-3-9(12)7-10/h2-4,7H,5-6,8,12H2,1H3,(H,13,14). The smallest absolute Gasteiger partial charge is 0.234 e. The Labute approximate surface area is 106 Å². The van der Waals surface area contributed by atoms with Crippen LogP contribution >= 0.6 is 0 Å². The fraction of sp³-hybridized carbons (Fsp3) is 0.364. The molecule has 0 aliphatic carbocycles. The maximum Gasteiger partial charge on any atom is 0.234 e. The minimum atomic E-state index is -3.44. The lowest BCUT2D eigenvalue weighted by Gasteiger charge is -2.07. The summed E-state index contributed by atoms with van der Waals surface area (Å²) < 4.78 is 28.2. The Morgan fingerprint density at radius 1 is 1.44 bits per heavy atom. The number of nitrogens with one attached hydrogen (secondary N) is 1. The quantitative estimate of drug-likeness (QED) is 0.699. The number of hydrogen-bond donors (Lipinski definition) is 2. The maximum atomic E-state index is 11.5. The van der Waals surface area contributed by atoms with Gasteiger partial charge in [-0.3, -0.25) is 4.79 Å². The van der Waals surface area contributed by atoms with Gasteiger partial charge in [0.05, 0.1) is 5.75 Å². The van der Waals surface area contributed by atoms with Crippen LogP contribution < -0.4 is 15.8 Å². The van der Waals surface area contributed by atoms with Crippen LogP contribution in [0, 0.1) is 0 Å². The van der Waals surface area contributed by atoms with Gasteiger partial charge in [-0.25, -0.2) is 8.42 Å².